The summed E-state index contributed by atoms with van der Waals surface area (Å²) >= 11 is 6.09. The van der Waals surface area contributed by atoms with Crippen molar-refractivity contribution in [2.75, 3.05) is 12.3 Å². The van der Waals surface area contributed by atoms with Crippen LogP contribution in [-0.2, 0) is 0 Å². The lowest BCUT2D eigenvalue weighted by atomic mass is 9.98. The van der Waals surface area contributed by atoms with Crippen LogP contribution in [0.2, 0.25) is 5.15 Å². The first-order valence-corrected chi connectivity index (χ1v) is 8.36. The average molecular weight is 375 g/mol. The number of hydrogen-bond donors (Lipinski definition) is 2. The van der Waals surface area contributed by atoms with Gasteiger partial charge < -0.3 is 16.3 Å². The van der Waals surface area contributed by atoms with E-state index >= 15 is 0 Å². The van der Waals surface area contributed by atoms with E-state index in [0.29, 0.717) is 28.6 Å². The van der Waals surface area contributed by atoms with E-state index in [1.165, 1.54) is 18.3 Å². The quantitative estimate of drug-likeness (QED) is 0.417. The zero-order valence-electron chi connectivity index (χ0n) is 13.9. The molecule has 2 heterocycles. The Balaban J connectivity index is 2.29. The van der Waals surface area contributed by atoms with Gasteiger partial charge in [-0.1, -0.05) is 18.5 Å². The lowest BCUT2D eigenvalue weighted by Crippen LogP contribution is -2.40. The highest BCUT2D eigenvalue weighted by Crippen LogP contribution is 2.36. The molecule has 6 nitrogen and oxygen atoms in total. The fraction of sp³-hybridized carbons (Fsp3) is 0.167. The van der Waals surface area contributed by atoms with Crippen molar-refractivity contribution in [1.82, 2.24) is 10.3 Å². The molecule has 26 heavy (non-hydrogen) atoms. The summed E-state index contributed by atoms with van der Waals surface area (Å²) < 4.78 is 14.9. The molecule has 2 aromatic heterocycles. The molecule has 3 aromatic rings. The SMILES string of the molecule is CCCNC(=O)c1c(N)c2ccc(F)c(-c3cccnc3Cl)c2c[n+]1[O-]. The number of nitrogens with zero attached hydrogens (tertiary/aromatic N) is 2. The molecule has 0 aliphatic carbocycles. The summed E-state index contributed by atoms with van der Waals surface area (Å²) in [6.45, 7) is 2.30. The molecule has 1 aromatic carbocycles. The Kier molecular flexibility index (Phi) is 4.90. The first kappa shape index (κ1) is 17.9. The molecule has 8 heteroatoms. The Bertz CT molecular complexity index is 1010. The van der Waals surface area contributed by atoms with Crippen LogP contribution < -0.4 is 15.8 Å². The van der Waals surface area contributed by atoms with Gasteiger partial charge >= 0.3 is 11.6 Å². The van der Waals surface area contributed by atoms with Crippen LogP contribution in [0.3, 0.4) is 0 Å². The number of amides is 1. The van der Waals surface area contributed by atoms with Crippen molar-refractivity contribution >= 4 is 34.0 Å². The number of nitrogens with two attached hydrogens (primary N) is 1. The number of hydrogen-bond acceptors (Lipinski definition) is 4. The highest BCUT2D eigenvalue weighted by molar-refractivity contribution is 6.32. The van der Waals surface area contributed by atoms with Crippen molar-refractivity contribution in [1.29, 1.82) is 0 Å². The monoisotopic (exact) mass is 374 g/mol. The molecular formula is C18H16ClFN4O2. The molecule has 0 fully saturated rings. The summed E-state index contributed by atoms with van der Waals surface area (Å²) in [5.74, 6) is -1.15. The first-order chi connectivity index (χ1) is 12.5. The predicted molar refractivity (Wildman–Crippen MR) is 98.1 cm³/mol. The van der Waals surface area contributed by atoms with E-state index in [1.807, 2.05) is 6.92 Å². The zero-order valence-corrected chi connectivity index (χ0v) is 14.7. The van der Waals surface area contributed by atoms with Crippen molar-refractivity contribution in [3.05, 3.63) is 58.5 Å². The smallest absolute Gasteiger partial charge is 0.319 e. The first-order valence-electron chi connectivity index (χ1n) is 7.98. The van der Waals surface area contributed by atoms with Crippen LogP contribution in [-0.4, -0.2) is 17.4 Å². The van der Waals surface area contributed by atoms with Gasteiger partial charge in [-0.15, -0.1) is 0 Å². The van der Waals surface area contributed by atoms with Crippen LogP contribution in [0.1, 0.15) is 23.8 Å². The van der Waals surface area contributed by atoms with Gasteiger partial charge in [0.15, 0.2) is 6.20 Å². The van der Waals surface area contributed by atoms with E-state index in [4.69, 9.17) is 17.3 Å². The van der Waals surface area contributed by atoms with Gasteiger partial charge in [0.25, 0.3) is 0 Å². The number of halogens is 2. The number of nitrogen functional groups attached to an aromatic ring is 1. The summed E-state index contributed by atoms with van der Waals surface area (Å²) in [5.41, 5.74) is 6.27. The Hall–Kier alpha value is -2.93. The Labute approximate surface area is 154 Å². The van der Waals surface area contributed by atoms with E-state index in [2.05, 4.69) is 10.3 Å². The zero-order chi connectivity index (χ0) is 18.8. The van der Waals surface area contributed by atoms with Crippen molar-refractivity contribution < 1.29 is 13.9 Å². The Morgan fingerprint density at radius 2 is 2.15 bits per heavy atom. The third kappa shape index (κ3) is 3.01. The van der Waals surface area contributed by atoms with E-state index < -0.39 is 11.7 Å². The third-order valence-electron chi connectivity index (χ3n) is 3.99. The van der Waals surface area contributed by atoms with Gasteiger partial charge in [0.2, 0.25) is 0 Å². The second kappa shape index (κ2) is 7.13. The number of fused-ring (bicyclic) bond motifs is 1. The maximum absolute atomic E-state index is 14.6. The van der Waals surface area contributed by atoms with Crippen molar-refractivity contribution in [2.24, 2.45) is 0 Å². The lowest BCUT2D eigenvalue weighted by Gasteiger charge is -2.13. The number of nitrogens with one attached hydrogen (secondary N) is 1. The number of rotatable bonds is 4. The van der Waals surface area contributed by atoms with Gasteiger partial charge in [-0.3, -0.25) is 4.79 Å². The summed E-state index contributed by atoms with van der Waals surface area (Å²) in [5, 5.41) is 15.8. The molecule has 0 unspecified atom stereocenters. The number of carbonyl (C=O) groups excluding carboxylic acids is 1. The van der Waals surface area contributed by atoms with Gasteiger partial charge in [-0.25, -0.2) is 9.37 Å². The van der Waals surface area contributed by atoms with Crippen molar-refractivity contribution in [2.45, 2.75) is 13.3 Å². The van der Waals surface area contributed by atoms with E-state index in [1.54, 1.807) is 12.1 Å². The van der Waals surface area contributed by atoms with Crippen LogP contribution >= 0.6 is 11.6 Å². The van der Waals surface area contributed by atoms with E-state index in [9.17, 15) is 14.4 Å². The van der Waals surface area contributed by atoms with E-state index in [0.717, 1.165) is 6.20 Å². The molecule has 0 atom stereocenters. The highest BCUT2D eigenvalue weighted by Gasteiger charge is 2.25. The van der Waals surface area contributed by atoms with Crippen LogP contribution in [0.5, 0.6) is 0 Å². The van der Waals surface area contributed by atoms with Gasteiger partial charge in [-0.05, 0) is 30.7 Å². The summed E-state index contributed by atoms with van der Waals surface area (Å²) in [6, 6.07) is 5.87. The summed E-state index contributed by atoms with van der Waals surface area (Å²) in [6.07, 6.45) is 3.33. The molecule has 0 aliphatic heterocycles. The molecule has 0 saturated carbocycles. The molecule has 0 radical (unpaired) electrons. The van der Waals surface area contributed by atoms with Crippen LogP contribution in [0, 0.1) is 11.0 Å². The Morgan fingerprint density at radius 1 is 1.38 bits per heavy atom. The van der Waals surface area contributed by atoms with E-state index in [-0.39, 0.29) is 27.5 Å². The predicted octanol–water partition coefficient (Wildman–Crippen LogP) is 3.05. The second-order valence-corrected chi connectivity index (χ2v) is 6.06. The molecule has 0 saturated heterocycles. The van der Waals surface area contributed by atoms with Gasteiger partial charge in [-0.2, -0.15) is 4.73 Å². The molecule has 3 N–H and O–H groups in total. The lowest BCUT2D eigenvalue weighted by molar-refractivity contribution is -0.605. The molecule has 0 spiro atoms. The topological polar surface area (TPSA) is 95.0 Å². The van der Waals surface area contributed by atoms with Crippen LogP contribution in [0.25, 0.3) is 21.9 Å². The molecule has 1 amide bonds. The highest BCUT2D eigenvalue weighted by atomic mass is 35.5. The normalized spacial score (nSPS) is 10.9. The second-order valence-electron chi connectivity index (χ2n) is 5.70. The molecule has 0 aliphatic rings. The fourth-order valence-corrected chi connectivity index (χ4v) is 2.99. The average Bonchev–Trinajstić information content (AvgIpc) is 2.61. The minimum atomic E-state index is -0.577. The third-order valence-corrected chi connectivity index (χ3v) is 4.29. The summed E-state index contributed by atoms with van der Waals surface area (Å²) in [4.78, 5) is 16.2. The van der Waals surface area contributed by atoms with Gasteiger partial charge in [0, 0.05) is 29.3 Å². The minimum Gasteiger partial charge on any atom is -0.618 e. The van der Waals surface area contributed by atoms with Crippen LogP contribution in [0.4, 0.5) is 10.1 Å². The molecule has 0 bridgehead atoms. The molecule has 3 rings (SSSR count). The summed E-state index contributed by atoms with van der Waals surface area (Å²) in [7, 11) is 0. The number of pyridine rings is 2. The minimum absolute atomic E-state index is 0.0210. The Morgan fingerprint density at radius 3 is 2.85 bits per heavy atom. The standard InChI is InChI=1S/C18H16ClFN4O2/c1-2-7-23-18(25)16-15(21)10-5-6-13(20)14(12(10)9-24(16)26)11-4-3-8-22-17(11)19/h3-6,8-9H,2,7,21H2,1H3,(H,23,25). The molecular weight excluding hydrogens is 359 g/mol. The van der Waals surface area contributed by atoms with Gasteiger partial charge in [0.05, 0.1) is 5.39 Å². The van der Waals surface area contributed by atoms with Crippen molar-refractivity contribution in [3.63, 3.8) is 0 Å². The van der Waals surface area contributed by atoms with Crippen LogP contribution in [0.15, 0.2) is 36.7 Å². The maximum Gasteiger partial charge on any atom is 0.319 e. The maximum atomic E-state index is 14.6. The molecule has 134 valence electrons. The number of benzene rings is 1. The number of aromatic nitrogens is 2. The largest absolute Gasteiger partial charge is 0.618 e. The fourth-order valence-electron chi connectivity index (χ4n) is 2.78. The number of anilines is 1. The number of carbonyl (C=O) groups is 1. The van der Waals surface area contributed by atoms with Gasteiger partial charge in [0.1, 0.15) is 16.7 Å². The van der Waals surface area contributed by atoms with Crippen molar-refractivity contribution in [3.8, 4) is 11.1 Å².